The molecule has 1 aliphatic heterocycles. The van der Waals surface area contributed by atoms with E-state index in [0.717, 1.165) is 32.5 Å². The van der Waals surface area contributed by atoms with Gasteiger partial charge in [-0.25, -0.2) is 0 Å². The minimum absolute atomic E-state index is 0.266. The maximum Gasteiger partial charge on any atom is 0.318 e. The summed E-state index contributed by atoms with van der Waals surface area (Å²) in [6.45, 7) is 4.60. The average Bonchev–Trinajstić information content (AvgIpc) is 2.79. The van der Waals surface area contributed by atoms with E-state index in [1.807, 2.05) is 6.92 Å². The van der Waals surface area contributed by atoms with Crippen LogP contribution < -0.4 is 4.90 Å². The van der Waals surface area contributed by atoms with Crippen LogP contribution in [-0.4, -0.2) is 36.0 Å². The highest BCUT2D eigenvalue weighted by atomic mass is 35.5. The summed E-state index contributed by atoms with van der Waals surface area (Å²) in [7, 11) is 0. The molecular formula is C10H16ClN3O2. The molecule has 1 saturated heterocycles. The SMILES string of the molecule is CCOC1CCN(c2nnc(CCl)o2)CC1. The molecule has 16 heavy (non-hydrogen) atoms. The fraction of sp³-hybridized carbons (Fsp3) is 0.800. The van der Waals surface area contributed by atoms with Crippen molar-refractivity contribution in [2.45, 2.75) is 31.7 Å². The van der Waals surface area contributed by atoms with E-state index >= 15 is 0 Å². The number of piperidine rings is 1. The zero-order valence-corrected chi connectivity index (χ0v) is 10.1. The first-order valence-electron chi connectivity index (χ1n) is 5.58. The van der Waals surface area contributed by atoms with Crippen molar-refractivity contribution in [2.75, 3.05) is 24.6 Å². The number of alkyl halides is 1. The Morgan fingerprint density at radius 1 is 1.44 bits per heavy atom. The van der Waals surface area contributed by atoms with Crippen LogP contribution in [0.25, 0.3) is 0 Å². The van der Waals surface area contributed by atoms with Crippen LogP contribution in [0.3, 0.4) is 0 Å². The number of hydrogen-bond acceptors (Lipinski definition) is 5. The highest BCUT2D eigenvalue weighted by Crippen LogP contribution is 2.20. The summed E-state index contributed by atoms with van der Waals surface area (Å²) in [5.41, 5.74) is 0. The molecule has 0 amide bonds. The van der Waals surface area contributed by atoms with Crippen LogP contribution in [0.2, 0.25) is 0 Å². The fourth-order valence-electron chi connectivity index (χ4n) is 1.88. The molecule has 2 heterocycles. The Bertz CT molecular complexity index is 324. The largest absolute Gasteiger partial charge is 0.407 e. The molecular weight excluding hydrogens is 230 g/mol. The molecule has 2 rings (SSSR count). The number of rotatable bonds is 4. The minimum Gasteiger partial charge on any atom is -0.407 e. The van der Waals surface area contributed by atoms with Gasteiger partial charge in [-0.05, 0) is 19.8 Å². The maximum atomic E-state index is 5.61. The lowest BCUT2D eigenvalue weighted by molar-refractivity contribution is 0.0453. The molecule has 0 bridgehead atoms. The van der Waals surface area contributed by atoms with Crippen molar-refractivity contribution >= 4 is 17.6 Å². The van der Waals surface area contributed by atoms with Gasteiger partial charge in [-0.15, -0.1) is 16.7 Å². The van der Waals surface area contributed by atoms with Gasteiger partial charge in [0.1, 0.15) is 5.88 Å². The maximum absolute atomic E-state index is 5.61. The van der Waals surface area contributed by atoms with Gasteiger partial charge in [-0.3, -0.25) is 0 Å². The van der Waals surface area contributed by atoms with Crippen LogP contribution in [-0.2, 0) is 10.6 Å². The lowest BCUT2D eigenvalue weighted by Gasteiger charge is -2.30. The first-order valence-corrected chi connectivity index (χ1v) is 6.11. The lowest BCUT2D eigenvalue weighted by atomic mass is 10.1. The van der Waals surface area contributed by atoms with Crippen molar-refractivity contribution < 1.29 is 9.15 Å². The molecule has 0 aromatic carbocycles. The van der Waals surface area contributed by atoms with Gasteiger partial charge in [0.15, 0.2) is 0 Å². The van der Waals surface area contributed by atoms with Gasteiger partial charge < -0.3 is 14.1 Å². The molecule has 90 valence electrons. The van der Waals surface area contributed by atoms with Crippen LogP contribution in [0.5, 0.6) is 0 Å². The van der Waals surface area contributed by atoms with Crippen LogP contribution >= 0.6 is 11.6 Å². The number of ether oxygens (including phenoxy) is 1. The van der Waals surface area contributed by atoms with Gasteiger partial charge in [0.05, 0.1) is 6.10 Å². The molecule has 1 aliphatic rings. The average molecular weight is 246 g/mol. The van der Waals surface area contributed by atoms with Crippen molar-refractivity contribution in [3.63, 3.8) is 0 Å². The minimum atomic E-state index is 0.266. The molecule has 1 aromatic rings. The highest BCUT2D eigenvalue weighted by Gasteiger charge is 2.22. The van der Waals surface area contributed by atoms with Gasteiger partial charge in [0.25, 0.3) is 0 Å². The number of anilines is 1. The number of hydrogen-bond donors (Lipinski definition) is 0. The van der Waals surface area contributed by atoms with Gasteiger partial charge in [-0.1, -0.05) is 5.10 Å². The molecule has 0 spiro atoms. The van der Waals surface area contributed by atoms with Crippen LogP contribution in [0.4, 0.5) is 6.01 Å². The highest BCUT2D eigenvalue weighted by molar-refractivity contribution is 6.16. The summed E-state index contributed by atoms with van der Waals surface area (Å²) in [6.07, 6.45) is 2.38. The molecule has 0 unspecified atom stereocenters. The van der Waals surface area contributed by atoms with E-state index in [4.69, 9.17) is 20.8 Å². The van der Waals surface area contributed by atoms with E-state index in [1.165, 1.54) is 0 Å². The molecule has 0 aliphatic carbocycles. The predicted octanol–water partition coefficient (Wildman–Crippen LogP) is 1.81. The van der Waals surface area contributed by atoms with Crippen molar-refractivity contribution in [1.29, 1.82) is 0 Å². The zero-order chi connectivity index (χ0) is 11.4. The number of nitrogens with zero attached hydrogens (tertiary/aromatic N) is 3. The summed E-state index contributed by atoms with van der Waals surface area (Å²) in [4.78, 5) is 2.08. The normalized spacial score (nSPS) is 18.0. The van der Waals surface area contributed by atoms with Gasteiger partial charge in [0, 0.05) is 19.7 Å². The third-order valence-electron chi connectivity index (χ3n) is 2.69. The van der Waals surface area contributed by atoms with E-state index in [-0.39, 0.29) is 5.88 Å². The molecule has 5 nitrogen and oxygen atoms in total. The molecule has 0 saturated carbocycles. The topological polar surface area (TPSA) is 51.4 Å². The van der Waals surface area contributed by atoms with Gasteiger partial charge in [-0.2, -0.15) is 0 Å². The summed E-state index contributed by atoms with van der Waals surface area (Å²) in [5.74, 6) is 0.742. The quantitative estimate of drug-likeness (QED) is 0.758. The molecule has 0 atom stereocenters. The summed E-state index contributed by atoms with van der Waals surface area (Å²) in [5, 5.41) is 7.81. The van der Waals surface area contributed by atoms with E-state index in [9.17, 15) is 0 Å². The Balaban J connectivity index is 1.88. The third kappa shape index (κ3) is 2.65. The summed E-state index contributed by atoms with van der Waals surface area (Å²) >= 11 is 5.61. The third-order valence-corrected chi connectivity index (χ3v) is 2.91. The second-order valence-electron chi connectivity index (χ2n) is 3.75. The van der Waals surface area contributed by atoms with E-state index in [1.54, 1.807) is 0 Å². The number of aromatic nitrogens is 2. The van der Waals surface area contributed by atoms with Crippen molar-refractivity contribution in [3.8, 4) is 0 Å². The first-order chi connectivity index (χ1) is 7.83. The number of halogens is 1. The standard InChI is InChI=1S/C10H16ClN3O2/c1-2-15-8-3-5-14(6-4-8)10-13-12-9(7-11)16-10/h8H,2-7H2,1H3. The second kappa shape index (κ2) is 5.50. The Hall–Kier alpha value is -0.810. The van der Waals surface area contributed by atoms with Crippen molar-refractivity contribution in [1.82, 2.24) is 10.2 Å². The van der Waals surface area contributed by atoms with E-state index < -0.39 is 0 Å². The summed E-state index contributed by atoms with van der Waals surface area (Å²) < 4.78 is 11.0. The lowest BCUT2D eigenvalue weighted by Crippen LogP contribution is -2.37. The molecule has 6 heteroatoms. The fourth-order valence-corrected chi connectivity index (χ4v) is 1.98. The van der Waals surface area contributed by atoms with Gasteiger partial charge in [0.2, 0.25) is 5.89 Å². The molecule has 1 fully saturated rings. The van der Waals surface area contributed by atoms with Crippen LogP contribution in [0, 0.1) is 0 Å². The zero-order valence-electron chi connectivity index (χ0n) is 9.36. The van der Waals surface area contributed by atoms with E-state index in [2.05, 4.69) is 15.1 Å². The smallest absolute Gasteiger partial charge is 0.318 e. The predicted molar refractivity (Wildman–Crippen MR) is 60.7 cm³/mol. The Kier molecular flexibility index (Phi) is 4.01. The second-order valence-corrected chi connectivity index (χ2v) is 4.02. The van der Waals surface area contributed by atoms with Crippen molar-refractivity contribution in [2.24, 2.45) is 0 Å². The Morgan fingerprint density at radius 3 is 2.75 bits per heavy atom. The van der Waals surface area contributed by atoms with Crippen molar-refractivity contribution in [3.05, 3.63) is 5.89 Å². The Labute approximate surface area is 99.7 Å². The monoisotopic (exact) mass is 245 g/mol. The molecule has 0 radical (unpaired) electrons. The molecule has 0 N–H and O–H groups in total. The van der Waals surface area contributed by atoms with Gasteiger partial charge >= 0.3 is 6.01 Å². The van der Waals surface area contributed by atoms with E-state index in [0.29, 0.717) is 18.0 Å². The molecule has 1 aromatic heterocycles. The Morgan fingerprint density at radius 2 is 2.19 bits per heavy atom. The summed E-state index contributed by atoms with van der Waals surface area (Å²) in [6, 6.07) is 0.575. The first kappa shape index (κ1) is 11.7. The van der Waals surface area contributed by atoms with Crippen LogP contribution in [0.15, 0.2) is 4.42 Å². The van der Waals surface area contributed by atoms with Crippen LogP contribution in [0.1, 0.15) is 25.7 Å².